The van der Waals surface area contributed by atoms with Gasteiger partial charge >= 0.3 is 5.97 Å². The molecule has 0 radical (unpaired) electrons. The monoisotopic (exact) mass is 227 g/mol. The third-order valence-corrected chi connectivity index (χ3v) is 2.62. The van der Waals surface area contributed by atoms with Gasteiger partial charge < -0.3 is 15.5 Å². The number of aliphatic hydroxyl groups is 1. The van der Waals surface area contributed by atoms with Crippen LogP contribution in [0.4, 0.5) is 0 Å². The second kappa shape index (κ2) is 5.65. The molecule has 0 saturated heterocycles. The van der Waals surface area contributed by atoms with Crippen molar-refractivity contribution < 1.29 is 19.8 Å². The molecule has 0 aromatic heterocycles. The highest BCUT2D eigenvalue weighted by atomic mass is 16.4. The summed E-state index contributed by atoms with van der Waals surface area (Å²) in [5.41, 5.74) is 0. The number of allylic oxidation sites excluding steroid dienone is 2. The molecule has 0 bridgehead atoms. The number of rotatable bonds is 5. The van der Waals surface area contributed by atoms with Crippen LogP contribution in [0.5, 0.6) is 0 Å². The van der Waals surface area contributed by atoms with Crippen LogP contribution in [0.1, 0.15) is 26.2 Å². The Morgan fingerprint density at radius 3 is 2.69 bits per heavy atom. The van der Waals surface area contributed by atoms with Crippen LogP contribution in [0.15, 0.2) is 12.2 Å². The second-order valence-corrected chi connectivity index (χ2v) is 4.09. The summed E-state index contributed by atoms with van der Waals surface area (Å²) in [6, 6.07) is -1.22. The van der Waals surface area contributed by atoms with Crippen LogP contribution in [-0.2, 0) is 9.59 Å². The topological polar surface area (TPSA) is 86.6 Å². The Kier molecular flexibility index (Phi) is 4.49. The van der Waals surface area contributed by atoms with Gasteiger partial charge in [-0.1, -0.05) is 12.2 Å². The summed E-state index contributed by atoms with van der Waals surface area (Å²) >= 11 is 0. The Labute approximate surface area is 94.2 Å². The Hall–Kier alpha value is -1.36. The van der Waals surface area contributed by atoms with Crippen LogP contribution in [0.3, 0.4) is 0 Å². The maximum Gasteiger partial charge on any atom is 0.328 e. The number of carboxylic acids is 1. The van der Waals surface area contributed by atoms with E-state index in [-0.39, 0.29) is 18.2 Å². The van der Waals surface area contributed by atoms with Crippen molar-refractivity contribution in [3.05, 3.63) is 12.2 Å². The van der Waals surface area contributed by atoms with E-state index < -0.39 is 18.1 Å². The average molecular weight is 227 g/mol. The zero-order valence-corrected chi connectivity index (χ0v) is 9.22. The van der Waals surface area contributed by atoms with Crippen LogP contribution in [0.25, 0.3) is 0 Å². The molecule has 0 aromatic carbocycles. The molecule has 1 rings (SSSR count). The summed E-state index contributed by atoms with van der Waals surface area (Å²) in [6.07, 6.45) is 5.07. The fourth-order valence-corrected chi connectivity index (χ4v) is 1.72. The molecule has 0 spiro atoms. The second-order valence-electron chi connectivity index (χ2n) is 4.09. The van der Waals surface area contributed by atoms with E-state index >= 15 is 0 Å². The molecule has 0 aromatic rings. The normalized spacial score (nSPS) is 22.8. The molecule has 1 aliphatic carbocycles. The quantitative estimate of drug-likeness (QED) is 0.589. The molecule has 0 heterocycles. The zero-order chi connectivity index (χ0) is 12.1. The Morgan fingerprint density at radius 2 is 2.25 bits per heavy atom. The van der Waals surface area contributed by atoms with Gasteiger partial charge in [0.25, 0.3) is 0 Å². The van der Waals surface area contributed by atoms with Crippen molar-refractivity contribution in [3.63, 3.8) is 0 Å². The number of hydrogen-bond donors (Lipinski definition) is 3. The van der Waals surface area contributed by atoms with Crippen LogP contribution >= 0.6 is 0 Å². The van der Waals surface area contributed by atoms with E-state index in [4.69, 9.17) is 5.11 Å². The first-order chi connectivity index (χ1) is 7.50. The summed E-state index contributed by atoms with van der Waals surface area (Å²) in [5, 5.41) is 20.3. The van der Waals surface area contributed by atoms with E-state index in [9.17, 15) is 14.7 Å². The summed E-state index contributed by atoms with van der Waals surface area (Å²) in [5.74, 6) is -1.35. The van der Waals surface area contributed by atoms with Gasteiger partial charge in [-0.25, -0.2) is 4.79 Å². The lowest BCUT2D eigenvalue weighted by Gasteiger charge is -2.17. The summed E-state index contributed by atoms with van der Waals surface area (Å²) in [7, 11) is 0. The smallest absolute Gasteiger partial charge is 0.328 e. The first-order valence-corrected chi connectivity index (χ1v) is 5.37. The Morgan fingerprint density at radius 1 is 1.56 bits per heavy atom. The van der Waals surface area contributed by atoms with Crippen molar-refractivity contribution in [1.82, 2.24) is 5.32 Å². The number of aliphatic hydroxyl groups excluding tert-OH is 1. The van der Waals surface area contributed by atoms with Gasteiger partial charge in [-0.3, -0.25) is 4.79 Å². The van der Waals surface area contributed by atoms with E-state index in [1.54, 1.807) is 0 Å². The predicted octanol–water partition coefficient (Wildman–Crippen LogP) is 0.293. The molecule has 3 atom stereocenters. The molecular formula is C11H17NO4. The lowest BCUT2D eigenvalue weighted by Crippen LogP contribution is -2.47. The van der Waals surface area contributed by atoms with Gasteiger partial charge in [0.1, 0.15) is 0 Å². The Bertz CT molecular complexity index is 298. The molecule has 3 N–H and O–H groups in total. The third kappa shape index (κ3) is 3.66. The van der Waals surface area contributed by atoms with Crippen LogP contribution in [0, 0.1) is 5.92 Å². The highest BCUT2D eigenvalue weighted by molar-refractivity contribution is 5.84. The van der Waals surface area contributed by atoms with E-state index in [1.165, 1.54) is 6.92 Å². The maximum absolute atomic E-state index is 11.5. The van der Waals surface area contributed by atoms with Crippen molar-refractivity contribution in [2.75, 3.05) is 0 Å². The van der Waals surface area contributed by atoms with Crippen molar-refractivity contribution in [1.29, 1.82) is 0 Å². The number of hydrogen-bond acceptors (Lipinski definition) is 3. The standard InChI is InChI=1S/C11H17NO4/c1-7(13)10(11(15)16)12-9(14)6-8-4-2-3-5-8/h2,4,7-8,10,13H,3,5-6H2,1H3,(H,12,14)(H,15,16)/t7-,8?,10+/m1/s1. The summed E-state index contributed by atoms with van der Waals surface area (Å²) < 4.78 is 0. The number of carboxylic acid groups (broad SMARTS) is 1. The minimum Gasteiger partial charge on any atom is -0.480 e. The number of nitrogens with one attached hydrogen (secondary N) is 1. The van der Waals surface area contributed by atoms with Crippen molar-refractivity contribution >= 4 is 11.9 Å². The van der Waals surface area contributed by atoms with Crippen molar-refractivity contribution in [2.45, 2.75) is 38.3 Å². The average Bonchev–Trinajstić information content (AvgIpc) is 2.65. The molecule has 1 aliphatic rings. The third-order valence-electron chi connectivity index (χ3n) is 2.62. The first kappa shape index (κ1) is 12.7. The van der Waals surface area contributed by atoms with E-state index in [1.807, 2.05) is 12.2 Å². The molecule has 5 heteroatoms. The molecule has 0 aliphatic heterocycles. The van der Waals surface area contributed by atoms with Gasteiger partial charge in [-0.15, -0.1) is 0 Å². The van der Waals surface area contributed by atoms with E-state index in [2.05, 4.69) is 5.32 Å². The molecule has 90 valence electrons. The minimum atomic E-state index is -1.22. The molecule has 1 amide bonds. The highest BCUT2D eigenvalue weighted by Gasteiger charge is 2.25. The van der Waals surface area contributed by atoms with Gasteiger partial charge in [0, 0.05) is 6.42 Å². The summed E-state index contributed by atoms with van der Waals surface area (Å²) in [6.45, 7) is 1.34. The number of aliphatic carboxylic acids is 1. The largest absolute Gasteiger partial charge is 0.480 e. The van der Waals surface area contributed by atoms with Crippen LogP contribution < -0.4 is 5.32 Å². The molecule has 1 unspecified atom stereocenters. The van der Waals surface area contributed by atoms with Crippen molar-refractivity contribution in [2.24, 2.45) is 5.92 Å². The molecule has 0 saturated carbocycles. The van der Waals surface area contributed by atoms with Gasteiger partial charge in [-0.2, -0.15) is 0 Å². The van der Waals surface area contributed by atoms with E-state index in [0.29, 0.717) is 0 Å². The fraction of sp³-hybridized carbons (Fsp3) is 0.636. The van der Waals surface area contributed by atoms with Gasteiger partial charge in [-0.05, 0) is 25.7 Å². The zero-order valence-electron chi connectivity index (χ0n) is 9.22. The Balaban J connectivity index is 2.42. The van der Waals surface area contributed by atoms with Gasteiger partial charge in [0.15, 0.2) is 6.04 Å². The maximum atomic E-state index is 11.5. The highest BCUT2D eigenvalue weighted by Crippen LogP contribution is 2.20. The van der Waals surface area contributed by atoms with Crippen LogP contribution in [-0.4, -0.2) is 34.2 Å². The number of carbonyl (C=O) groups excluding carboxylic acids is 1. The molecule has 5 nitrogen and oxygen atoms in total. The SMILES string of the molecule is C[C@@H](O)[C@H](NC(=O)CC1C=CCC1)C(=O)O. The van der Waals surface area contributed by atoms with E-state index in [0.717, 1.165) is 12.8 Å². The first-order valence-electron chi connectivity index (χ1n) is 5.37. The van der Waals surface area contributed by atoms with Crippen LogP contribution in [0.2, 0.25) is 0 Å². The fourth-order valence-electron chi connectivity index (χ4n) is 1.72. The molecule has 0 fully saturated rings. The minimum absolute atomic E-state index is 0.198. The lowest BCUT2D eigenvalue weighted by atomic mass is 10.0. The number of amides is 1. The predicted molar refractivity (Wildman–Crippen MR) is 57.7 cm³/mol. The molecular weight excluding hydrogens is 210 g/mol. The molecule has 16 heavy (non-hydrogen) atoms. The number of carbonyl (C=O) groups is 2. The van der Waals surface area contributed by atoms with Gasteiger partial charge in [0.2, 0.25) is 5.91 Å². The lowest BCUT2D eigenvalue weighted by molar-refractivity contribution is -0.144. The van der Waals surface area contributed by atoms with Gasteiger partial charge in [0.05, 0.1) is 6.10 Å². The summed E-state index contributed by atoms with van der Waals surface area (Å²) in [4.78, 5) is 22.2. The van der Waals surface area contributed by atoms with Crippen molar-refractivity contribution in [3.8, 4) is 0 Å².